The molecule has 11 atom stereocenters. The molecule has 1 saturated carbocycles. The van der Waals surface area contributed by atoms with Crippen molar-refractivity contribution in [2.75, 3.05) is 114 Å². The van der Waals surface area contributed by atoms with Crippen LogP contribution in [0.25, 0.3) is 33.4 Å². The Kier molecular flexibility index (Phi) is 31.7. The number of benzene rings is 2. The number of piperidine rings is 1. The minimum atomic E-state index is -1.04. The Morgan fingerprint density at radius 2 is 1.48 bits per heavy atom. The summed E-state index contributed by atoms with van der Waals surface area (Å²) in [5.41, 5.74) is 21.5. The number of nitrogens with zero attached hydrogens (tertiary/aromatic N) is 15. The molecule has 3 amide bonds. The van der Waals surface area contributed by atoms with E-state index in [0.29, 0.717) is 193 Å². The van der Waals surface area contributed by atoms with E-state index < -0.39 is 54.0 Å². The fraction of sp³-hybridized carbons (Fsp3) is 0.564. The van der Waals surface area contributed by atoms with Crippen molar-refractivity contribution in [3.63, 3.8) is 0 Å². The number of rotatable bonds is 19. The molecule has 7 N–H and O–H groups in total. The monoisotopic (exact) mass is 1760 g/mol. The summed E-state index contributed by atoms with van der Waals surface area (Å²) in [6, 6.07) is 10.9. The molecule has 0 spiro atoms. The van der Waals surface area contributed by atoms with Gasteiger partial charge in [0.1, 0.15) is 53.5 Å². The van der Waals surface area contributed by atoms with Gasteiger partial charge in [-0.3, -0.25) is 28.9 Å². The van der Waals surface area contributed by atoms with Gasteiger partial charge in [-0.05, 0) is 173 Å². The van der Waals surface area contributed by atoms with Crippen molar-refractivity contribution in [3.05, 3.63) is 143 Å². The third-order valence-corrected chi connectivity index (χ3v) is 26.6. The molecule has 4 saturated heterocycles. The van der Waals surface area contributed by atoms with Crippen LogP contribution in [0.4, 0.5) is 23.7 Å². The zero-order valence-corrected chi connectivity index (χ0v) is 75.0. The normalized spacial score (nSPS) is 26.4. The van der Waals surface area contributed by atoms with E-state index in [1.54, 1.807) is 51.0 Å². The van der Waals surface area contributed by atoms with E-state index in [0.717, 1.165) is 86.2 Å². The molecule has 2 bridgehead atoms. The van der Waals surface area contributed by atoms with Crippen LogP contribution in [-0.4, -0.2) is 256 Å². The summed E-state index contributed by atoms with van der Waals surface area (Å²) in [4.78, 5) is 127. The minimum Gasteiger partial charge on any atom is -0.468 e. The number of allylic oxidation sites excluding steroid dienone is 5. The minimum absolute atomic E-state index is 0.0469. The number of nitrogens with two attached hydrogens (primary N) is 2. The first-order valence-electron chi connectivity index (χ1n) is 45.4. The molecule has 32 nitrogen and oxygen atoms in total. The Morgan fingerprint density at radius 3 is 2.24 bits per heavy atom. The number of cyclic esters (lactones) is 1. The molecule has 11 heterocycles. The van der Waals surface area contributed by atoms with Crippen molar-refractivity contribution in [2.45, 2.75) is 219 Å². The fourth-order valence-corrected chi connectivity index (χ4v) is 18.8. The second-order valence-corrected chi connectivity index (χ2v) is 36.0. The number of nitrogens with one attached hydrogen (secondary N) is 1. The number of carbonyl (C=O) groups is 6. The van der Waals surface area contributed by atoms with Gasteiger partial charge in [0, 0.05) is 159 Å². The highest BCUT2D eigenvalue weighted by Crippen LogP contribution is 2.37. The van der Waals surface area contributed by atoms with E-state index in [1.807, 2.05) is 78.6 Å². The fourth-order valence-electron chi connectivity index (χ4n) is 18.6. The molecule has 7 aromatic rings. The molecule has 1 aliphatic carbocycles. The second-order valence-electron chi connectivity index (χ2n) is 35.7. The molecule has 14 rings (SSSR count). The van der Waals surface area contributed by atoms with Gasteiger partial charge < -0.3 is 79.6 Å². The predicted octanol–water partition coefficient (Wildman–Crippen LogP) is 10.1. The van der Waals surface area contributed by atoms with E-state index >= 15 is 0 Å². The van der Waals surface area contributed by atoms with Crippen LogP contribution in [0.3, 0.4) is 0 Å². The maximum atomic E-state index is 14.6. The van der Waals surface area contributed by atoms with Gasteiger partial charge >= 0.3 is 5.97 Å². The summed E-state index contributed by atoms with van der Waals surface area (Å²) in [5.74, 6) is -1.27. The highest BCUT2D eigenvalue weighted by Gasteiger charge is 2.44. The SMILES string of the molecule is CO[C@H]1CC2CC[C@@H](C)C(O2)C(=O)C(=O)N2CCCC[C@H]2C(=O)O[C@H](CCC2CCC(OC(=S)NCc3cnc(N4CCN(C(=O)CCOCCN5CCN(c6ncc(C(=O)N7CCc8cc(Cn9nc(-c%10ccc%11oc(N)nc%11c%10)c%10c(N)ncnc%109)ccc8C7)cn6)CC5)CC4)nc3)CC2)C[C@@H](O)[C@H](C)/C=C(\C)[C@@H](O)CC(=O)[C@H](C)C[C@H](C)/C=C/C=CC=C1C. The van der Waals surface area contributed by atoms with E-state index in [1.165, 1.54) is 16.8 Å². The maximum Gasteiger partial charge on any atom is 0.329 e. The predicted molar refractivity (Wildman–Crippen MR) is 484 cm³/mol. The average molecular weight is 1760 g/mol. The topological polar surface area (TPSA) is 394 Å². The number of aliphatic hydroxyl groups is 2. The zero-order valence-electron chi connectivity index (χ0n) is 74.2. The molecular weight excluding hydrogens is 1640 g/mol. The van der Waals surface area contributed by atoms with Crippen molar-refractivity contribution >= 4 is 98.5 Å². The Balaban J connectivity index is 0.477. The first kappa shape index (κ1) is 92.6. The summed E-state index contributed by atoms with van der Waals surface area (Å²) >= 11 is 5.70. The number of methoxy groups -OCH3 is 1. The number of fused-ring (bicyclic) bond motifs is 6. The smallest absolute Gasteiger partial charge is 0.329 e. The summed E-state index contributed by atoms with van der Waals surface area (Å²) < 4.78 is 38.4. The van der Waals surface area contributed by atoms with Crippen molar-refractivity contribution in [1.29, 1.82) is 0 Å². The number of oxazole rings is 1. The molecule has 7 aliphatic rings. The Hall–Kier alpha value is -10.6. The molecule has 5 aromatic heterocycles. The molecule has 33 heteroatoms. The van der Waals surface area contributed by atoms with Gasteiger partial charge in [-0.2, -0.15) is 10.1 Å². The van der Waals surface area contributed by atoms with Crippen LogP contribution in [-0.2, 0) is 73.7 Å². The highest BCUT2D eigenvalue weighted by atomic mass is 32.1. The number of esters is 1. The number of aliphatic hydroxyl groups excluding tert-OH is 2. The van der Waals surface area contributed by atoms with Crippen LogP contribution in [0.2, 0.25) is 0 Å². The number of hydrogen-bond donors (Lipinski definition) is 5. The van der Waals surface area contributed by atoms with Gasteiger partial charge in [-0.1, -0.05) is 82.4 Å². The van der Waals surface area contributed by atoms with Crippen LogP contribution < -0.4 is 26.6 Å². The lowest BCUT2D eigenvalue weighted by Crippen LogP contribution is -2.55. The van der Waals surface area contributed by atoms with E-state index in [9.17, 15) is 39.0 Å². The Bertz CT molecular complexity index is 5110. The van der Waals surface area contributed by atoms with Crippen molar-refractivity contribution in [1.82, 2.24) is 69.6 Å². The number of ether oxygens (including phenoxy) is 5. The highest BCUT2D eigenvalue weighted by molar-refractivity contribution is 7.80. The number of Topliss-reactive ketones (excluding diaryl/α,β-unsaturated/α-hetero) is 2. The van der Waals surface area contributed by atoms with E-state index in [2.05, 4.69) is 86.1 Å². The van der Waals surface area contributed by atoms with Crippen molar-refractivity contribution in [3.8, 4) is 11.3 Å². The first-order chi connectivity index (χ1) is 61.3. The van der Waals surface area contributed by atoms with Gasteiger partial charge in [0.05, 0.1) is 61.5 Å². The number of amides is 3. The van der Waals surface area contributed by atoms with Crippen LogP contribution in [0.1, 0.15) is 177 Å². The van der Waals surface area contributed by atoms with Gasteiger partial charge in [-0.15, -0.1) is 0 Å². The number of ketones is 2. The quantitative estimate of drug-likeness (QED) is 0.0165. The second kappa shape index (κ2) is 43.5. The molecule has 2 aromatic carbocycles. The number of hydrogen-bond acceptors (Lipinski definition) is 28. The number of aromatic nitrogens is 9. The molecule has 680 valence electrons. The number of anilines is 4. The van der Waals surface area contributed by atoms with E-state index in [-0.39, 0.29) is 90.2 Å². The van der Waals surface area contributed by atoms with Crippen LogP contribution in [0.15, 0.2) is 120 Å². The zero-order chi connectivity index (χ0) is 89.4. The summed E-state index contributed by atoms with van der Waals surface area (Å²) in [6.45, 7) is 20.4. The number of piperazine rings is 2. The van der Waals surface area contributed by atoms with Crippen molar-refractivity contribution in [2.24, 2.45) is 29.6 Å². The molecule has 2 unspecified atom stereocenters. The maximum absolute atomic E-state index is 14.6. The van der Waals surface area contributed by atoms with Gasteiger partial charge in [0.15, 0.2) is 11.2 Å². The molecule has 0 radical (unpaired) electrons. The van der Waals surface area contributed by atoms with Crippen LogP contribution >= 0.6 is 12.2 Å². The third kappa shape index (κ3) is 24.1. The molecule has 5 fully saturated rings. The van der Waals surface area contributed by atoms with Gasteiger partial charge in [0.2, 0.25) is 23.6 Å². The first-order valence-corrected chi connectivity index (χ1v) is 45.8. The van der Waals surface area contributed by atoms with Crippen molar-refractivity contribution < 1.29 is 67.1 Å². The van der Waals surface area contributed by atoms with Crippen LogP contribution in [0.5, 0.6) is 0 Å². The summed E-state index contributed by atoms with van der Waals surface area (Å²) in [6.07, 6.45) is 24.9. The lowest BCUT2D eigenvalue weighted by atomic mass is 9.83. The molecular formula is C94H124N18O14S. The Morgan fingerprint density at radius 1 is 0.732 bits per heavy atom. The lowest BCUT2D eigenvalue weighted by Gasteiger charge is -2.38. The molecule has 127 heavy (non-hydrogen) atoms. The average Bonchev–Trinajstić information content (AvgIpc) is 1.62. The standard InChI is InChI=1S/C94H124N18O14S/c1-58-13-9-8-10-14-59(2)80(121-7)48-73-23-16-60(3)85(123-73)84(117)89(119)111-30-12-11-15-75(111)90(120)124-72(47-76(113)62(5)44-63(6)78(115)49-77(114)61(4)43-58)26-20-64-18-24-71(25-19-64)125-94(127)101-52-66-50-97-92(98-51-66)109-38-36-107(37-39-109)81(116)29-41-122-42-40-106-32-34-108(35-33-106)93-99-53-70(54-100-93)88(118)110-31-28-67-45-65(17-21-69(67)56-110)55-112-87-82(86(95)102-57-103-87)83(105-112)68-22-27-79-74(46-68)104-91(96)126-79/h8-10,13-14,17,21-22,27,44-46,50-51,53-54,57-58,60-62,64,71-73,75-76,78,80,85,113,115H,11-12,15-16,18-20,23-26,28-43,47-49,52,55-56H2,1-7H3,(H2,96,104)(H,101,127)(H2,95,102,103)/b10-8?,13-9+,59-14?,63-44+/t58-,60-,61-,62-,64?,71?,72-,73?,75+,76-,78+,80+,85?/m1/s1. The number of carbonyl (C=O) groups excluding carboxylic acids is 6. The largest absolute Gasteiger partial charge is 0.468 e. The lowest BCUT2D eigenvalue weighted by molar-refractivity contribution is -0.169. The Labute approximate surface area is 747 Å². The van der Waals surface area contributed by atoms with Gasteiger partial charge in [-0.25, -0.2) is 39.4 Å². The third-order valence-electron chi connectivity index (χ3n) is 26.4. The number of thiocarbonyl (C=S) groups is 1. The van der Waals surface area contributed by atoms with Gasteiger partial charge in [0.25, 0.3) is 23.0 Å². The van der Waals surface area contributed by atoms with E-state index in [4.69, 9.17) is 56.9 Å². The molecule has 6 aliphatic heterocycles. The number of nitrogen functional groups attached to an aromatic ring is 2. The summed E-state index contributed by atoms with van der Waals surface area (Å²) in [5, 5.41) is 32.3. The van der Waals surface area contributed by atoms with Crippen LogP contribution in [0, 0.1) is 29.6 Å². The summed E-state index contributed by atoms with van der Waals surface area (Å²) in [7, 11) is 1.65.